The predicted molar refractivity (Wildman–Crippen MR) is 64.9 cm³/mol. The van der Waals surface area contributed by atoms with Gasteiger partial charge in [-0.15, -0.1) is 0 Å². The van der Waals surface area contributed by atoms with Crippen molar-refractivity contribution in [2.75, 3.05) is 7.11 Å². The maximum atomic E-state index is 6.17. The fourth-order valence-corrected chi connectivity index (χ4v) is 2.26. The molecule has 0 heterocycles. The van der Waals surface area contributed by atoms with Crippen molar-refractivity contribution >= 4 is 0 Å². The first-order valence-electron chi connectivity index (χ1n) is 6.18. The SMILES string of the molecule is COC1(CC(N)CCC(C)(C)C)CCC1. The molecular weight excluding hydrogens is 186 g/mol. The van der Waals surface area contributed by atoms with E-state index in [2.05, 4.69) is 20.8 Å². The van der Waals surface area contributed by atoms with Gasteiger partial charge in [-0.1, -0.05) is 20.8 Å². The smallest absolute Gasteiger partial charge is 0.0693 e. The number of rotatable bonds is 5. The number of hydrogen-bond acceptors (Lipinski definition) is 2. The van der Waals surface area contributed by atoms with E-state index in [1.54, 1.807) is 0 Å². The summed E-state index contributed by atoms with van der Waals surface area (Å²) in [6, 6.07) is 0.310. The Hall–Kier alpha value is -0.0800. The zero-order chi connectivity index (χ0) is 11.5. The highest BCUT2D eigenvalue weighted by Gasteiger charge is 2.38. The average Bonchev–Trinajstić information content (AvgIpc) is 2.07. The molecule has 0 aromatic carbocycles. The van der Waals surface area contributed by atoms with Gasteiger partial charge in [-0.2, -0.15) is 0 Å². The van der Waals surface area contributed by atoms with Crippen LogP contribution in [-0.4, -0.2) is 18.8 Å². The van der Waals surface area contributed by atoms with Gasteiger partial charge >= 0.3 is 0 Å². The lowest BCUT2D eigenvalue weighted by atomic mass is 9.74. The topological polar surface area (TPSA) is 35.2 Å². The lowest BCUT2D eigenvalue weighted by Crippen LogP contribution is -2.44. The van der Waals surface area contributed by atoms with E-state index >= 15 is 0 Å². The highest BCUT2D eigenvalue weighted by molar-refractivity contribution is 4.92. The summed E-state index contributed by atoms with van der Waals surface area (Å²) in [5, 5.41) is 0. The molecule has 2 nitrogen and oxygen atoms in total. The molecule has 2 heteroatoms. The van der Waals surface area contributed by atoms with Crippen molar-refractivity contribution < 1.29 is 4.74 Å². The molecule has 0 spiro atoms. The van der Waals surface area contributed by atoms with Gasteiger partial charge in [0.1, 0.15) is 0 Å². The monoisotopic (exact) mass is 213 g/mol. The molecule has 1 atom stereocenters. The number of nitrogens with two attached hydrogens (primary N) is 1. The molecule has 1 aliphatic rings. The molecule has 1 unspecified atom stereocenters. The van der Waals surface area contributed by atoms with Crippen molar-refractivity contribution in [2.24, 2.45) is 11.1 Å². The van der Waals surface area contributed by atoms with Crippen molar-refractivity contribution in [3.63, 3.8) is 0 Å². The van der Waals surface area contributed by atoms with Crippen LogP contribution >= 0.6 is 0 Å². The Bertz CT molecular complexity index is 186. The standard InChI is InChI=1S/C13H27NO/c1-12(2,3)9-6-11(14)10-13(15-4)7-5-8-13/h11H,5-10,14H2,1-4H3. The van der Waals surface area contributed by atoms with E-state index in [1.807, 2.05) is 7.11 Å². The fourth-order valence-electron chi connectivity index (χ4n) is 2.26. The molecule has 0 amide bonds. The third kappa shape index (κ3) is 4.12. The van der Waals surface area contributed by atoms with Crippen LogP contribution in [-0.2, 0) is 4.74 Å². The first-order valence-corrected chi connectivity index (χ1v) is 6.18. The van der Waals surface area contributed by atoms with Crippen molar-refractivity contribution in [1.29, 1.82) is 0 Å². The second-order valence-electron chi connectivity index (χ2n) is 6.30. The second-order valence-corrected chi connectivity index (χ2v) is 6.30. The summed E-state index contributed by atoms with van der Waals surface area (Å²) in [6.45, 7) is 6.82. The fraction of sp³-hybridized carbons (Fsp3) is 1.00. The van der Waals surface area contributed by atoms with E-state index in [1.165, 1.54) is 25.7 Å². The molecule has 0 aromatic heterocycles. The molecule has 2 N–H and O–H groups in total. The molecule has 1 fully saturated rings. The molecule has 1 aliphatic carbocycles. The van der Waals surface area contributed by atoms with E-state index in [-0.39, 0.29) is 5.60 Å². The molecule has 90 valence electrons. The van der Waals surface area contributed by atoms with E-state index < -0.39 is 0 Å². The summed E-state index contributed by atoms with van der Waals surface area (Å²) in [5.41, 5.74) is 6.71. The quantitative estimate of drug-likeness (QED) is 0.761. The maximum Gasteiger partial charge on any atom is 0.0693 e. The minimum Gasteiger partial charge on any atom is -0.378 e. The summed E-state index contributed by atoms with van der Waals surface area (Å²) in [6.07, 6.45) is 7.07. The molecule has 15 heavy (non-hydrogen) atoms. The van der Waals surface area contributed by atoms with Gasteiger partial charge in [-0.3, -0.25) is 0 Å². The van der Waals surface area contributed by atoms with Gasteiger partial charge in [0.15, 0.2) is 0 Å². The summed E-state index contributed by atoms with van der Waals surface area (Å²) >= 11 is 0. The van der Waals surface area contributed by atoms with Crippen LogP contribution in [0.2, 0.25) is 0 Å². The number of ether oxygens (including phenoxy) is 1. The van der Waals surface area contributed by atoms with Crippen molar-refractivity contribution in [1.82, 2.24) is 0 Å². The Labute approximate surface area is 94.6 Å². The Morgan fingerprint density at radius 2 is 1.93 bits per heavy atom. The maximum absolute atomic E-state index is 6.17. The van der Waals surface area contributed by atoms with Crippen LogP contribution in [0.3, 0.4) is 0 Å². The second kappa shape index (κ2) is 4.84. The van der Waals surface area contributed by atoms with Crippen molar-refractivity contribution in [2.45, 2.75) is 70.9 Å². The molecular formula is C13H27NO. The van der Waals surface area contributed by atoms with Crippen LogP contribution in [0, 0.1) is 5.41 Å². The van der Waals surface area contributed by atoms with Crippen molar-refractivity contribution in [3.8, 4) is 0 Å². The van der Waals surface area contributed by atoms with E-state index in [0.29, 0.717) is 11.5 Å². The van der Waals surface area contributed by atoms with Gasteiger partial charge in [0.25, 0.3) is 0 Å². The highest BCUT2D eigenvalue weighted by atomic mass is 16.5. The van der Waals surface area contributed by atoms with Crippen LogP contribution in [0.4, 0.5) is 0 Å². The third-order valence-corrected chi connectivity index (χ3v) is 3.60. The first-order chi connectivity index (χ1) is 6.87. The van der Waals surface area contributed by atoms with Gasteiger partial charge in [-0.25, -0.2) is 0 Å². The van der Waals surface area contributed by atoms with Gasteiger partial charge in [-0.05, 0) is 43.9 Å². The van der Waals surface area contributed by atoms with Gasteiger partial charge < -0.3 is 10.5 Å². The molecule has 0 saturated heterocycles. The minimum atomic E-state index is 0.136. The highest BCUT2D eigenvalue weighted by Crippen LogP contribution is 2.39. The lowest BCUT2D eigenvalue weighted by Gasteiger charge is -2.42. The molecule has 0 bridgehead atoms. The third-order valence-electron chi connectivity index (χ3n) is 3.60. The Kier molecular flexibility index (Phi) is 4.19. The summed E-state index contributed by atoms with van der Waals surface area (Å²) in [5.74, 6) is 0. The molecule has 0 aliphatic heterocycles. The number of hydrogen-bond donors (Lipinski definition) is 1. The molecule has 0 radical (unpaired) electrons. The van der Waals surface area contributed by atoms with E-state index in [0.717, 1.165) is 12.8 Å². The minimum absolute atomic E-state index is 0.136. The zero-order valence-electron chi connectivity index (χ0n) is 10.8. The summed E-state index contributed by atoms with van der Waals surface area (Å²) in [4.78, 5) is 0. The van der Waals surface area contributed by atoms with Crippen LogP contribution < -0.4 is 5.73 Å². The van der Waals surface area contributed by atoms with Gasteiger partial charge in [0.2, 0.25) is 0 Å². The average molecular weight is 213 g/mol. The van der Waals surface area contributed by atoms with Crippen LogP contribution in [0.15, 0.2) is 0 Å². The van der Waals surface area contributed by atoms with Gasteiger partial charge in [0, 0.05) is 13.2 Å². The first kappa shape index (κ1) is 13.0. The van der Waals surface area contributed by atoms with Gasteiger partial charge in [0.05, 0.1) is 5.60 Å². The Morgan fingerprint density at radius 3 is 2.27 bits per heavy atom. The molecule has 1 saturated carbocycles. The largest absolute Gasteiger partial charge is 0.378 e. The van der Waals surface area contributed by atoms with E-state index in [9.17, 15) is 0 Å². The molecule has 1 rings (SSSR count). The van der Waals surface area contributed by atoms with Crippen LogP contribution in [0.5, 0.6) is 0 Å². The van der Waals surface area contributed by atoms with Crippen LogP contribution in [0.25, 0.3) is 0 Å². The van der Waals surface area contributed by atoms with E-state index in [4.69, 9.17) is 10.5 Å². The normalized spacial score (nSPS) is 22.2. The lowest BCUT2D eigenvalue weighted by molar-refractivity contribution is -0.0821. The number of methoxy groups -OCH3 is 1. The Balaban J connectivity index is 2.26. The van der Waals surface area contributed by atoms with Crippen LogP contribution in [0.1, 0.15) is 59.3 Å². The predicted octanol–water partition coefficient (Wildman–Crippen LogP) is 3.10. The zero-order valence-corrected chi connectivity index (χ0v) is 10.8. The van der Waals surface area contributed by atoms with Crippen molar-refractivity contribution in [3.05, 3.63) is 0 Å². The summed E-state index contributed by atoms with van der Waals surface area (Å²) in [7, 11) is 1.83. The molecule has 0 aromatic rings. The summed E-state index contributed by atoms with van der Waals surface area (Å²) < 4.78 is 5.60. The Morgan fingerprint density at radius 1 is 1.33 bits per heavy atom.